The topological polar surface area (TPSA) is 67.5 Å². The summed E-state index contributed by atoms with van der Waals surface area (Å²) >= 11 is 0. The van der Waals surface area contributed by atoms with Crippen molar-refractivity contribution in [1.82, 2.24) is 5.32 Å². The third-order valence-electron chi connectivity index (χ3n) is 4.67. The second-order valence-corrected chi connectivity index (χ2v) is 8.25. The number of nitrogens with zero attached hydrogens (tertiary/aromatic N) is 1. The van der Waals surface area contributed by atoms with Crippen LogP contribution in [0, 0.1) is 0 Å². The molecule has 0 fully saturated rings. The van der Waals surface area contributed by atoms with E-state index < -0.39 is 0 Å². The minimum absolute atomic E-state index is 0.0143. The molecule has 1 amide bonds. The van der Waals surface area contributed by atoms with Crippen molar-refractivity contribution in [1.29, 1.82) is 0 Å². The average Bonchev–Trinajstić information content (AvgIpc) is 3.00. The number of nitrogens with one attached hydrogen (secondary N) is 1. The summed E-state index contributed by atoms with van der Waals surface area (Å²) in [6.07, 6.45) is 12.2. The van der Waals surface area contributed by atoms with Gasteiger partial charge in [0.1, 0.15) is 11.5 Å². The molecule has 2 atom stereocenters. The Morgan fingerprint density at radius 3 is 2.88 bits per heavy atom. The highest BCUT2D eigenvalue weighted by Crippen LogP contribution is 2.48. The number of hydrogen-bond acceptors (Lipinski definition) is 3. The number of hydrogen-bond donors (Lipinski definition) is 2. The van der Waals surface area contributed by atoms with Gasteiger partial charge in [-0.1, -0.05) is 30.4 Å². The first-order chi connectivity index (χ1) is 12.3. The number of nitrogens with two attached hydrogens (primary N) is 1. The molecule has 4 rings (SSSR count). The fraction of sp³-hybridized carbons (Fsp3) is 0.200. The van der Waals surface area contributed by atoms with Gasteiger partial charge in [0.2, 0.25) is 4.75 Å². The van der Waals surface area contributed by atoms with E-state index in [4.69, 9.17) is 5.73 Å². The van der Waals surface area contributed by atoms with E-state index in [1.54, 1.807) is 6.20 Å². The normalized spacial score (nSPS) is 26.3. The van der Waals surface area contributed by atoms with E-state index in [2.05, 4.69) is 52.8 Å². The minimum atomic E-state index is -0.333. The molecule has 1 aromatic rings. The van der Waals surface area contributed by atoms with E-state index in [0.29, 0.717) is 13.1 Å². The third kappa shape index (κ3) is 2.51. The summed E-state index contributed by atoms with van der Waals surface area (Å²) < 4.78 is -0.333. The van der Waals surface area contributed by atoms with Crippen LogP contribution in [0.2, 0.25) is 0 Å². The van der Waals surface area contributed by atoms with Gasteiger partial charge < -0.3 is 11.1 Å². The predicted octanol–water partition coefficient (Wildman–Crippen LogP) is 1.88. The van der Waals surface area contributed by atoms with Gasteiger partial charge in [0.15, 0.2) is 4.90 Å². The summed E-state index contributed by atoms with van der Waals surface area (Å²) in [5, 5.41) is 2.94. The zero-order chi connectivity index (χ0) is 17.3. The first-order valence-electron chi connectivity index (χ1n) is 8.36. The highest BCUT2D eigenvalue weighted by molar-refractivity contribution is 8.00. The summed E-state index contributed by atoms with van der Waals surface area (Å²) in [5.41, 5.74) is 8.48. The lowest BCUT2D eigenvalue weighted by Gasteiger charge is -2.30. The van der Waals surface area contributed by atoms with Gasteiger partial charge in [-0.25, -0.2) is 0 Å². The summed E-state index contributed by atoms with van der Waals surface area (Å²) in [6.45, 7) is 0.928. The zero-order valence-electron chi connectivity index (χ0n) is 13.8. The molecule has 1 spiro atoms. The van der Waals surface area contributed by atoms with Crippen LogP contribution in [0.3, 0.4) is 0 Å². The van der Waals surface area contributed by atoms with Gasteiger partial charge in [0.05, 0.1) is 16.5 Å². The summed E-state index contributed by atoms with van der Waals surface area (Å²) in [7, 11) is -0.187. The molecule has 2 unspecified atom stereocenters. The number of amides is 1. The van der Waals surface area contributed by atoms with Crippen LogP contribution in [0.15, 0.2) is 87.9 Å². The number of carbonyl (C=O) groups excluding carboxylic acids is 1. The average molecular weight is 350 g/mol. The van der Waals surface area contributed by atoms with E-state index in [-0.39, 0.29) is 21.5 Å². The fourth-order valence-electron chi connectivity index (χ4n) is 3.57. The molecule has 1 aliphatic carbocycles. The Labute approximate surface area is 150 Å². The standard InChI is InChI=1S/C20H19N3OS/c21-11-13-23-19(24)16-14-25(15-6-2-1-3-7-15)20-10-5-4-8-18(20)22-12-9-17(16)20/h1-10,12H,11,13-14,21H2/p+1. The fourth-order valence-corrected chi connectivity index (χ4v) is 6.47. The van der Waals surface area contributed by atoms with E-state index in [1.165, 1.54) is 4.90 Å². The van der Waals surface area contributed by atoms with Crippen molar-refractivity contribution in [2.45, 2.75) is 9.64 Å². The van der Waals surface area contributed by atoms with Crippen molar-refractivity contribution < 1.29 is 4.79 Å². The lowest BCUT2D eigenvalue weighted by atomic mass is 9.85. The van der Waals surface area contributed by atoms with E-state index >= 15 is 0 Å². The quantitative estimate of drug-likeness (QED) is 0.814. The predicted molar refractivity (Wildman–Crippen MR) is 104 cm³/mol. The highest BCUT2D eigenvalue weighted by atomic mass is 32.2. The van der Waals surface area contributed by atoms with Crippen molar-refractivity contribution in [3.8, 4) is 0 Å². The van der Waals surface area contributed by atoms with Crippen molar-refractivity contribution in [2.75, 3.05) is 18.8 Å². The van der Waals surface area contributed by atoms with Crippen LogP contribution in [-0.4, -0.2) is 35.2 Å². The second kappa shape index (κ2) is 6.50. The van der Waals surface area contributed by atoms with Gasteiger partial charge >= 0.3 is 0 Å². The first kappa shape index (κ1) is 16.1. The van der Waals surface area contributed by atoms with Gasteiger partial charge in [0.25, 0.3) is 5.91 Å². The van der Waals surface area contributed by atoms with Crippen LogP contribution in [0.4, 0.5) is 0 Å². The van der Waals surface area contributed by atoms with Crippen molar-refractivity contribution in [3.05, 3.63) is 78.1 Å². The Kier molecular flexibility index (Phi) is 4.19. The number of carbonyl (C=O) groups is 1. The maximum atomic E-state index is 12.8. The van der Waals surface area contributed by atoms with Crippen molar-refractivity contribution in [3.63, 3.8) is 0 Å². The number of rotatable bonds is 4. The highest BCUT2D eigenvalue weighted by Gasteiger charge is 2.60. The molecule has 0 bridgehead atoms. The minimum Gasteiger partial charge on any atom is -0.351 e. The molecule has 2 heterocycles. The Morgan fingerprint density at radius 2 is 2.08 bits per heavy atom. The number of benzene rings is 1. The van der Waals surface area contributed by atoms with Crippen LogP contribution in [0.5, 0.6) is 0 Å². The largest absolute Gasteiger partial charge is 0.351 e. The lowest BCUT2D eigenvalue weighted by molar-refractivity contribution is -0.117. The Hall–Kier alpha value is -2.37. The Balaban J connectivity index is 1.84. The molecular weight excluding hydrogens is 330 g/mol. The molecular formula is C20H20N3OS+. The van der Waals surface area contributed by atoms with Gasteiger partial charge in [0, 0.05) is 24.9 Å². The molecule has 1 aromatic carbocycles. The number of aliphatic imine (C=N–C) groups is 1. The van der Waals surface area contributed by atoms with E-state index in [9.17, 15) is 4.79 Å². The smallest absolute Gasteiger partial charge is 0.252 e. The van der Waals surface area contributed by atoms with Crippen LogP contribution < -0.4 is 11.1 Å². The van der Waals surface area contributed by atoms with Crippen LogP contribution in [0.25, 0.3) is 0 Å². The second-order valence-electron chi connectivity index (χ2n) is 6.07. The molecule has 4 nitrogen and oxygen atoms in total. The van der Waals surface area contributed by atoms with Crippen LogP contribution in [-0.2, 0) is 15.7 Å². The molecule has 25 heavy (non-hydrogen) atoms. The van der Waals surface area contributed by atoms with Crippen molar-refractivity contribution in [2.24, 2.45) is 10.7 Å². The maximum absolute atomic E-state index is 12.8. The molecule has 0 saturated carbocycles. The third-order valence-corrected chi connectivity index (χ3v) is 7.43. The molecule has 5 heteroatoms. The van der Waals surface area contributed by atoms with Gasteiger partial charge in [-0.15, -0.1) is 0 Å². The lowest BCUT2D eigenvalue weighted by Crippen LogP contribution is -2.45. The van der Waals surface area contributed by atoms with Crippen LogP contribution >= 0.6 is 0 Å². The molecule has 2 aliphatic heterocycles. The van der Waals surface area contributed by atoms with E-state index in [0.717, 1.165) is 22.6 Å². The summed E-state index contributed by atoms with van der Waals surface area (Å²) in [6, 6.07) is 10.4. The van der Waals surface area contributed by atoms with Crippen LogP contribution in [0.1, 0.15) is 0 Å². The monoisotopic (exact) mass is 350 g/mol. The first-order valence-corrected chi connectivity index (χ1v) is 9.75. The Morgan fingerprint density at radius 1 is 1.24 bits per heavy atom. The van der Waals surface area contributed by atoms with Crippen molar-refractivity contribution >= 4 is 22.5 Å². The van der Waals surface area contributed by atoms with Gasteiger partial charge in [-0.05, 0) is 30.4 Å². The van der Waals surface area contributed by atoms with Gasteiger partial charge in [-0.2, -0.15) is 0 Å². The Bertz CT molecular complexity index is 851. The molecule has 3 N–H and O–H groups in total. The molecule has 126 valence electrons. The maximum Gasteiger partial charge on any atom is 0.252 e. The molecule has 0 aromatic heterocycles. The molecule has 3 aliphatic rings. The number of allylic oxidation sites excluding steroid dienone is 4. The van der Waals surface area contributed by atoms with Gasteiger partial charge in [-0.3, -0.25) is 9.79 Å². The summed E-state index contributed by atoms with van der Waals surface area (Å²) in [5.74, 6) is 0.705. The molecule has 0 saturated heterocycles. The summed E-state index contributed by atoms with van der Waals surface area (Å²) in [4.78, 5) is 18.7. The molecule has 0 radical (unpaired) electrons. The zero-order valence-corrected chi connectivity index (χ0v) is 14.6. The van der Waals surface area contributed by atoms with E-state index in [1.807, 2.05) is 18.2 Å². The SMILES string of the molecule is NCCNC(=O)C1=C2C=CN=C3C=CC=CC32[S+](c2ccccc2)C1.